The molecule has 1 aromatic carbocycles. The van der Waals surface area contributed by atoms with Crippen LogP contribution in [0.4, 0.5) is 0 Å². The lowest BCUT2D eigenvalue weighted by Crippen LogP contribution is -2.40. The van der Waals surface area contributed by atoms with Crippen LogP contribution in [0.5, 0.6) is 5.75 Å². The summed E-state index contributed by atoms with van der Waals surface area (Å²) in [6.45, 7) is 3.27. The summed E-state index contributed by atoms with van der Waals surface area (Å²) in [6, 6.07) is 9.25. The van der Waals surface area contributed by atoms with E-state index < -0.39 is 0 Å². The zero-order valence-corrected chi connectivity index (χ0v) is 15.0. The lowest BCUT2D eigenvalue weighted by molar-refractivity contribution is -0.149. The number of carbonyl (C=O) groups is 2. The molecule has 1 fully saturated rings. The topological polar surface area (TPSA) is 84.5 Å². The van der Waals surface area contributed by atoms with Crippen molar-refractivity contribution in [2.45, 2.75) is 19.8 Å². The maximum Gasteiger partial charge on any atom is 0.309 e. The smallest absolute Gasteiger partial charge is 0.309 e. The van der Waals surface area contributed by atoms with Crippen LogP contribution in [0.2, 0.25) is 0 Å². The molecular formula is C19H23N3O4. The minimum absolute atomic E-state index is 0.0976. The van der Waals surface area contributed by atoms with Crippen molar-refractivity contribution >= 4 is 11.9 Å². The van der Waals surface area contributed by atoms with Gasteiger partial charge in [-0.25, -0.2) is 0 Å². The number of benzene rings is 1. The van der Waals surface area contributed by atoms with Crippen molar-refractivity contribution in [1.82, 2.24) is 15.1 Å². The first-order valence-corrected chi connectivity index (χ1v) is 8.78. The molecule has 0 radical (unpaired) electrons. The van der Waals surface area contributed by atoms with Gasteiger partial charge >= 0.3 is 5.97 Å². The molecule has 1 aliphatic heterocycles. The minimum atomic E-state index is -0.164. The molecule has 0 aliphatic carbocycles. The van der Waals surface area contributed by atoms with E-state index in [9.17, 15) is 9.59 Å². The van der Waals surface area contributed by atoms with Crippen LogP contribution in [0, 0.1) is 5.92 Å². The Kier molecular flexibility index (Phi) is 5.55. The average molecular weight is 357 g/mol. The quantitative estimate of drug-likeness (QED) is 0.831. The van der Waals surface area contributed by atoms with Crippen LogP contribution < -0.4 is 4.74 Å². The van der Waals surface area contributed by atoms with Gasteiger partial charge in [-0.15, -0.1) is 0 Å². The van der Waals surface area contributed by atoms with E-state index in [1.807, 2.05) is 24.3 Å². The number of esters is 1. The molecule has 0 atom stereocenters. The number of carbonyl (C=O) groups excluding carboxylic acids is 2. The zero-order valence-electron chi connectivity index (χ0n) is 15.0. The standard InChI is InChI=1S/C19H23N3O4/c1-3-26-19(24)14-8-10-22(11-9-14)18(23)17-12-16(20-21-17)13-4-6-15(25-2)7-5-13/h4-7,12,14H,3,8-11H2,1-2H3,(H,20,21). The van der Waals surface area contributed by atoms with Gasteiger partial charge in [-0.1, -0.05) is 0 Å². The van der Waals surface area contributed by atoms with Crippen molar-refractivity contribution in [3.8, 4) is 17.0 Å². The molecule has 0 saturated carbocycles. The van der Waals surface area contributed by atoms with Crippen LogP contribution in [0.15, 0.2) is 30.3 Å². The second-order valence-corrected chi connectivity index (χ2v) is 6.21. The van der Waals surface area contributed by atoms with Gasteiger partial charge in [0.05, 0.1) is 25.3 Å². The van der Waals surface area contributed by atoms with Gasteiger partial charge in [0.2, 0.25) is 0 Å². The summed E-state index contributed by atoms with van der Waals surface area (Å²) in [6.07, 6.45) is 1.26. The van der Waals surface area contributed by atoms with E-state index in [0.29, 0.717) is 43.9 Å². The number of ether oxygens (including phenoxy) is 2. The molecule has 26 heavy (non-hydrogen) atoms. The number of hydrogen-bond donors (Lipinski definition) is 1. The number of aromatic amines is 1. The van der Waals surface area contributed by atoms with E-state index in [-0.39, 0.29) is 17.8 Å². The van der Waals surface area contributed by atoms with E-state index >= 15 is 0 Å². The number of piperidine rings is 1. The van der Waals surface area contributed by atoms with Gasteiger partial charge in [0, 0.05) is 18.7 Å². The number of likely N-dealkylation sites (tertiary alicyclic amines) is 1. The Bertz CT molecular complexity index is 761. The summed E-state index contributed by atoms with van der Waals surface area (Å²) in [5.74, 6) is 0.392. The van der Waals surface area contributed by atoms with Crippen LogP contribution in [0.1, 0.15) is 30.3 Å². The van der Waals surface area contributed by atoms with E-state index in [1.165, 1.54) is 0 Å². The molecule has 1 amide bonds. The number of amides is 1. The second kappa shape index (κ2) is 8.03. The molecule has 7 heteroatoms. The first kappa shape index (κ1) is 18.0. The van der Waals surface area contributed by atoms with E-state index in [1.54, 1.807) is 25.0 Å². The number of aromatic nitrogens is 2. The van der Waals surface area contributed by atoms with Gasteiger partial charge in [-0.3, -0.25) is 14.7 Å². The van der Waals surface area contributed by atoms with Crippen LogP contribution >= 0.6 is 0 Å². The third-order valence-corrected chi connectivity index (χ3v) is 4.60. The minimum Gasteiger partial charge on any atom is -0.497 e. The van der Waals surface area contributed by atoms with Gasteiger partial charge in [-0.05, 0) is 50.1 Å². The normalized spacial score (nSPS) is 14.9. The third kappa shape index (κ3) is 3.87. The molecule has 3 rings (SSSR count). The fraction of sp³-hybridized carbons (Fsp3) is 0.421. The van der Waals surface area contributed by atoms with Crippen LogP contribution in [-0.2, 0) is 9.53 Å². The molecule has 0 bridgehead atoms. The predicted octanol–water partition coefficient (Wildman–Crippen LogP) is 2.50. The van der Waals surface area contributed by atoms with E-state index in [0.717, 1.165) is 11.3 Å². The average Bonchev–Trinajstić information content (AvgIpc) is 3.18. The predicted molar refractivity (Wildman–Crippen MR) is 95.8 cm³/mol. The summed E-state index contributed by atoms with van der Waals surface area (Å²) in [4.78, 5) is 26.2. The summed E-state index contributed by atoms with van der Waals surface area (Å²) >= 11 is 0. The first-order valence-electron chi connectivity index (χ1n) is 8.78. The zero-order chi connectivity index (χ0) is 18.5. The highest BCUT2D eigenvalue weighted by Crippen LogP contribution is 2.23. The number of nitrogens with zero attached hydrogens (tertiary/aromatic N) is 2. The van der Waals surface area contributed by atoms with Crippen molar-refractivity contribution < 1.29 is 19.1 Å². The molecule has 1 aliphatic rings. The van der Waals surface area contributed by atoms with Crippen molar-refractivity contribution in [3.63, 3.8) is 0 Å². The molecule has 0 unspecified atom stereocenters. The number of nitrogens with one attached hydrogen (secondary N) is 1. The highest BCUT2D eigenvalue weighted by molar-refractivity contribution is 5.93. The van der Waals surface area contributed by atoms with Gasteiger partial charge in [0.15, 0.2) is 0 Å². The van der Waals surface area contributed by atoms with Gasteiger partial charge in [0.1, 0.15) is 11.4 Å². The lowest BCUT2D eigenvalue weighted by Gasteiger charge is -2.30. The van der Waals surface area contributed by atoms with E-state index in [2.05, 4.69) is 10.2 Å². The maximum atomic E-state index is 12.7. The fourth-order valence-electron chi connectivity index (χ4n) is 3.09. The number of rotatable bonds is 5. The Balaban J connectivity index is 1.62. The third-order valence-electron chi connectivity index (χ3n) is 4.60. The van der Waals surface area contributed by atoms with Gasteiger partial charge in [0.25, 0.3) is 5.91 Å². The summed E-state index contributed by atoms with van der Waals surface area (Å²) < 4.78 is 10.2. The molecular weight excluding hydrogens is 334 g/mol. The van der Waals surface area contributed by atoms with Crippen LogP contribution in [-0.4, -0.2) is 53.8 Å². The van der Waals surface area contributed by atoms with Crippen molar-refractivity contribution in [2.75, 3.05) is 26.8 Å². The Morgan fingerprint density at radius 2 is 1.92 bits per heavy atom. The highest BCUT2D eigenvalue weighted by Gasteiger charge is 2.29. The highest BCUT2D eigenvalue weighted by atomic mass is 16.5. The Hall–Kier alpha value is -2.83. The van der Waals surface area contributed by atoms with Crippen molar-refractivity contribution in [3.05, 3.63) is 36.0 Å². The molecule has 2 heterocycles. The Morgan fingerprint density at radius 3 is 2.54 bits per heavy atom. The van der Waals surface area contributed by atoms with Crippen molar-refractivity contribution in [2.24, 2.45) is 5.92 Å². The summed E-state index contributed by atoms with van der Waals surface area (Å²) in [7, 11) is 1.62. The molecule has 2 aromatic rings. The monoisotopic (exact) mass is 357 g/mol. The number of hydrogen-bond acceptors (Lipinski definition) is 5. The van der Waals surface area contributed by atoms with Crippen LogP contribution in [0.25, 0.3) is 11.3 Å². The molecule has 7 nitrogen and oxygen atoms in total. The number of methoxy groups -OCH3 is 1. The molecule has 1 N–H and O–H groups in total. The largest absolute Gasteiger partial charge is 0.497 e. The Morgan fingerprint density at radius 1 is 1.23 bits per heavy atom. The first-order chi connectivity index (χ1) is 12.6. The molecule has 1 aromatic heterocycles. The summed E-state index contributed by atoms with van der Waals surface area (Å²) in [5, 5.41) is 7.06. The maximum absolute atomic E-state index is 12.7. The lowest BCUT2D eigenvalue weighted by atomic mass is 9.97. The fourth-order valence-corrected chi connectivity index (χ4v) is 3.09. The Labute approximate surface area is 152 Å². The summed E-state index contributed by atoms with van der Waals surface area (Å²) in [5.41, 5.74) is 2.06. The SMILES string of the molecule is CCOC(=O)C1CCN(C(=O)c2cc(-c3ccc(OC)cc3)n[nH]2)CC1. The van der Waals surface area contributed by atoms with Gasteiger partial charge < -0.3 is 14.4 Å². The van der Waals surface area contributed by atoms with Crippen molar-refractivity contribution in [1.29, 1.82) is 0 Å². The molecule has 1 saturated heterocycles. The molecule has 138 valence electrons. The van der Waals surface area contributed by atoms with Gasteiger partial charge in [-0.2, -0.15) is 5.10 Å². The second-order valence-electron chi connectivity index (χ2n) is 6.21. The van der Waals surface area contributed by atoms with E-state index in [4.69, 9.17) is 9.47 Å². The number of H-pyrrole nitrogens is 1. The molecule has 0 spiro atoms. The van der Waals surface area contributed by atoms with Crippen LogP contribution in [0.3, 0.4) is 0 Å².